The summed E-state index contributed by atoms with van der Waals surface area (Å²) in [5.74, 6) is 2.24. The number of aliphatic imine (C=N–C) groups is 1. The number of unbranched alkanes of at least 4 members (excludes halogenated alkanes) is 5. The van der Waals surface area contributed by atoms with Gasteiger partial charge < -0.3 is 15.5 Å². The SMILES string of the molecule is CCNC(=NCCCCCCCN(C)C)NCCCCSC.I. The lowest BCUT2D eigenvalue weighted by atomic mass is 10.1. The first-order valence-corrected chi connectivity index (χ1v) is 10.3. The molecule has 2 N–H and O–H groups in total. The van der Waals surface area contributed by atoms with Gasteiger partial charge in [-0.2, -0.15) is 11.8 Å². The van der Waals surface area contributed by atoms with Gasteiger partial charge in [-0.15, -0.1) is 24.0 Å². The molecule has 0 heterocycles. The molecule has 0 atom stereocenters. The molecule has 0 rings (SSSR count). The zero-order chi connectivity index (χ0) is 16.5. The Morgan fingerprint density at radius 1 is 0.957 bits per heavy atom. The van der Waals surface area contributed by atoms with Gasteiger partial charge in [0.1, 0.15) is 0 Å². The molecule has 0 aliphatic heterocycles. The molecular formula is C17H39IN4S. The lowest BCUT2D eigenvalue weighted by molar-refractivity contribution is 0.390. The van der Waals surface area contributed by atoms with Gasteiger partial charge in [0.05, 0.1) is 0 Å². The largest absolute Gasteiger partial charge is 0.357 e. The van der Waals surface area contributed by atoms with E-state index in [9.17, 15) is 0 Å². The van der Waals surface area contributed by atoms with Crippen LogP contribution in [-0.2, 0) is 0 Å². The molecule has 0 amide bonds. The molecule has 0 saturated carbocycles. The predicted octanol–water partition coefficient (Wildman–Crippen LogP) is 3.81. The number of hydrogen-bond acceptors (Lipinski definition) is 3. The fraction of sp³-hybridized carbons (Fsp3) is 0.941. The monoisotopic (exact) mass is 458 g/mol. The number of nitrogens with zero attached hydrogens (tertiary/aromatic N) is 2. The van der Waals surface area contributed by atoms with E-state index in [4.69, 9.17) is 0 Å². The Bertz CT molecular complexity index is 263. The molecule has 0 spiro atoms. The van der Waals surface area contributed by atoms with Crippen molar-refractivity contribution in [2.24, 2.45) is 4.99 Å². The van der Waals surface area contributed by atoms with E-state index in [1.165, 1.54) is 57.2 Å². The van der Waals surface area contributed by atoms with Crippen LogP contribution >= 0.6 is 35.7 Å². The van der Waals surface area contributed by atoms with E-state index in [-0.39, 0.29) is 24.0 Å². The summed E-state index contributed by atoms with van der Waals surface area (Å²) in [5.41, 5.74) is 0. The maximum Gasteiger partial charge on any atom is 0.191 e. The minimum atomic E-state index is 0. The van der Waals surface area contributed by atoms with E-state index in [2.05, 4.69) is 47.8 Å². The van der Waals surface area contributed by atoms with Gasteiger partial charge in [-0.1, -0.05) is 19.3 Å². The summed E-state index contributed by atoms with van der Waals surface area (Å²) < 4.78 is 0. The zero-order valence-corrected chi connectivity index (χ0v) is 18.8. The summed E-state index contributed by atoms with van der Waals surface area (Å²) in [6.45, 7) is 6.23. The standard InChI is InChI=1S/C17H38N4S.HI/c1-5-18-17(20-14-10-12-16-22-4)19-13-9-7-6-8-11-15-21(2)3;/h5-16H2,1-4H3,(H2,18,19,20);1H. The minimum Gasteiger partial charge on any atom is -0.357 e. The van der Waals surface area contributed by atoms with E-state index < -0.39 is 0 Å². The van der Waals surface area contributed by atoms with Crippen molar-refractivity contribution in [1.82, 2.24) is 15.5 Å². The van der Waals surface area contributed by atoms with Crippen LogP contribution in [0.15, 0.2) is 4.99 Å². The van der Waals surface area contributed by atoms with Crippen molar-refractivity contribution in [2.45, 2.75) is 51.9 Å². The molecule has 6 heteroatoms. The Morgan fingerprint density at radius 2 is 1.65 bits per heavy atom. The summed E-state index contributed by atoms with van der Waals surface area (Å²) in [6.07, 6.45) is 11.2. The van der Waals surface area contributed by atoms with Crippen LogP contribution in [0.5, 0.6) is 0 Å². The highest BCUT2D eigenvalue weighted by Crippen LogP contribution is 2.03. The average Bonchev–Trinajstić information content (AvgIpc) is 2.49. The van der Waals surface area contributed by atoms with Gasteiger partial charge in [-0.05, 0) is 65.3 Å². The normalized spacial score (nSPS) is 11.4. The van der Waals surface area contributed by atoms with Crippen molar-refractivity contribution in [1.29, 1.82) is 0 Å². The topological polar surface area (TPSA) is 39.7 Å². The molecule has 23 heavy (non-hydrogen) atoms. The van der Waals surface area contributed by atoms with Gasteiger partial charge in [0.25, 0.3) is 0 Å². The van der Waals surface area contributed by atoms with Crippen molar-refractivity contribution in [3.8, 4) is 0 Å². The van der Waals surface area contributed by atoms with E-state index >= 15 is 0 Å². The van der Waals surface area contributed by atoms with Gasteiger partial charge in [0.15, 0.2) is 5.96 Å². The second kappa shape index (κ2) is 20.4. The van der Waals surface area contributed by atoms with E-state index in [1.54, 1.807) is 0 Å². The first kappa shape index (κ1) is 25.5. The summed E-state index contributed by atoms with van der Waals surface area (Å²) >= 11 is 1.92. The third kappa shape index (κ3) is 20.3. The molecule has 4 nitrogen and oxygen atoms in total. The maximum absolute atomic E-state index is 4.66. The molecule has 0 aromatic carbocycles. The van der Waals surface area contributed by atoms with Crippen molar-refractivity contribution in [2.75, 3.05) is 52.3 Å². The number of halogens is 1. The predicted molar refractivity (Wildman–Crippen MR) is 119 cm³/mol. The van der Waals surface area contributed by atoms with E-state index in [1.807, 2.05) is 11.8 Å². The van der Waals surface area contributed by atoms with Crippen LogP contribution in [0.1, 0.15) is 51.9 Å². The van der Waals surface area contributed by atoms with Crippen molar-refractivity contribution < 1.29 is 0 Å². The first-order chi connectivity index (χ1) is 10.7. The van der Waals surface area contributed by atoms with Crippen molar-refractivity contribution >= 4 is 41.7 Å². The number of thioether (sulfide) groups is 1. The maximum atomic E-state index is 4.66. The van der Waals surface area contributed by atoms with Crippen LogP contribution in [0.25, 0.3) is 0 Å². The number of nitrogens with one attached hydrogen (secondary N) is 2. The molecule has 0 fully saturated rings. The quantitative estimate of drug-likeness (QED) is 0.180. The highest BCUT2D eigenvalue weighted by atomic mass is 127. The van der Waals surface area contributed by atoms with Gasteiger partial charge >= 0.3 is 0 Å². The Hall–Kier alpha value is 0.310. The molecule has 0 unspecified atom stereocenters. The molecule has 0 saturated heterocycles. The fourth-order valence-corrected chi connectivity index (χ4v) is 2.67. The van der Waals surface area contributed by atoms with Crippen LogP contribution in [0.4, 0.5) is 0 Å². The van der Waals surface area contributed by atoms with Crippen molar-refractivity contribution in [3.05, 3.63) is 0 Å². The Morgan fingerprint density at radius 3 is 2.30 bits per heavy atom. The molecule has 0 aliphatic rings. The van der Waals surface area contributed by atoms with Crippen molar-refractivity contribution in [3.63, 3.8) is 0 Å². The van der Waals surface area contributed by atoms with Crippen LogP contribution in [0.2, 0.25) is 0 Å². The number of hydrogen-bond donors (Lipinski definition) is 2. The van der Waals surface area contributed by atoms with Gasteiger partial charge in [-0.25, -0.2) is 0 Å². The third-order valence-corrected chi connectivity index (χ3v) is 4.14. The molecule has 0 bridgehead atoms. The molecule has 0 aromatic rings. The Balaban J connectivity index is 0. The highest BCUT2D eigenvalue weighted by molar-refractivity contribution is 14.0. The van der Waals surface area contributed by atoms with Gasteiger partial charge in [0, 0.05) is 19.6 Å². The lowest BCUT2D eigenvalue weighted by Gasteiger charge is -2.11. The molecule has 0 radical (unpaired) electrons. The summed E-state index contributed by atoms with van der Waals surface area (Å²) in [5, 5.41) is 6.75. The molecule has 0 aliphatic carbocycles. The zero-order valence-electron chi connectivity index (χ0n) is 15.7. The molecule has 140 valence electrons. The minimum absolute atomic E-state index is 0. The third-order valence-electron chi connectivity index (χ3n) is 3.45. The number of guanidine groups is 1. The van der Waals surface area contributed by atoms with E-state index in [0.717, 1.165) is 25.6 Å². The highest BCUT2D eigenvalue weighted by Gasteiger charge is 1.97. The lowest BCUT2D eigenvalue weighted by Crippen LogP contribution is -2.37. The van der Waals surface area contributed by atoms with Gasteiger partial charge in [0.2, 0.25) is 0 Å². The molecular weight excluding hydrogens is 419 g/mol. The Kier molecular flexibility index (Phi) is 22.6. The smallest absolute Gasteiger partial charge is 0.191 e. The Labute approximate surface area is 166 Å². The van der Waals surface area contributed by atoms with Crippen LogP contribution < -0.4 is 10.6 Å². The fourth-order valence-electron chi connectivity index (χ4n) is 2.18. The summed E-state index contributed by atoms with van der Waals surface area (Å²) in [7, 11) is 4.29. The second-order valence-corrected chi connectivity index (χ2v) is 6.94. The van der Waals surface area contributed by atoms with Gasteiger partial charge in [-0.3, -0.25) is 4.99 Å². The van der Waals surface area contributed by atoms with Crippen LogP contribution in [0, 0.1) is 0 Å². The van der Waals surface area contributed by atoms with Crippen LogP contribution in [-0.4, -0.2) is 63.1 Å². The number of rotatable bonds is 14. The average molecular weight is 458 g/mol. The van der Waals surface area contributed by atoms with E-state index in [0.29, 0.717) is 0 Å². The summed E-state index contributed by atoms with van der Waals surface area (Å²) in [4.78, 5) is 6.92. The van der Waals surface area contributed by atoms with Crippen LogP contribution in [0.3, 0.4) is 0 Å². The first-order valence-electron chi connectivity index (χ1n) is 8.86. The molecule has 0 aromatic heterocycles. The summed E-state index contributed by atoms with van der Waals surface area (Å²) in [6, 6.07) is 0. The second-order valence-electron chi connectivity index (χ2n) is 5.96.